The molecule has 2 rings (SSSR count). The third-order valence-corrected chi connectivity index (χ3v) is 4.27. The van der Waals surface area contributed by atoms with Gasteiger partial charge in [0.1, 0.15) is 5.75 Å². The minimum Gasteiger partial charge on any atom is -0.481 e. The summed E-state index contributed by atoms with van der Waals surface area (Å²) in [5.74, 6) is -0.616. The molecule has 8 heteroatoms. The van der Waals surface area contributed by atoms with Gasteiger partial charge in [-0.3, -0.25) is 30.6 Å². The van der Waals surface area contributed by atoms with Gasteiger partial charge in [-0.25, -0.2) is 0 Å². The number of hydrogen-bond acceptors (Lipinski definition) is 5. The lowest BCUT2D eigenvalue weighted by Gasteiger charge is -2.17. The summed E-state index contributed by atoms with van der Waals surface area (Å²) in [7, 11) is 0. The van der Waals surface area contributed by atoms with E-state index in [-0.39, 0.29) is 16.8 Å². The van der Waals surface area contributed by atoms with Gasteiger partial charge < -0.3 is 4.74 Å². The van der Waals surface area contributed by atoms with Crippen molar-refractivity contribution in [1.29, 1.82) is 0 Å². The third-order valence-electron chi connectivity index (χ3n) is 4.27. The number of aryl methyl sites for hydroxylation is 1. The Kier molecular flexibility index (Phi) is 6.12. The first-order chi connectivity index (χ1) is 12.7. The van der Waals surface area contributed by atoms with Gasteiger partial charge in [0.15, 0.2) is 6.10 Å². The first-order valence-corrected chi connectivity index (χ1v) is 8.29. The number of nitrogens with one attached hydrogen (secondary N) is 2. The molecular formula is C19H21N3O5. The van der Waals surface area contributed by atoms with E-state index in [2.05, 4.69) is 10.9 Å². The van der Waals surface area contributed by atoms with Crippen LogP contribution in [0.5, 0.6) is 5.75 Å². The van der Waals surface area contributed by atoms with Crippen LogP contribution in [0, 0.1) is 30.9 Å². The van der Waals surface area contributed by atoms with Crippen molar-refractivity contribution in [1.82, 2.24) is 10.9 Å². The lowest BCUT2D eigenvalue weighted by atomic mass is 10.1. The molecule has 0 bridgehead atoms. The second-order valence-electron chi connectivity index (χ2n) is 6.11. The topological polar surface area (TPSA) is 111 Å². The van der Waals surface area contributed by atoms with Gasteiger partial charge in [0, 0.05) is 11.6 Å². The average molecular weight is 371 g/mol. The van der Waals surface area contributed by atoms with Crippen molar-refractivity contribution >= 4 is 17.5 Å². The summed E-state index contributed by atoms with van der Waals surface area (Å²) in [6, 6.07) is 9.69. The molecule has 0 heterocycles. The van der Waals surface area contributed by atoms with E-state index in [1.54, 1.807) is 13.0 Å². The molecule has 2 aromatic rings. The average Bonchev–Trinajstić information content (AvgIpc) is 2.63. The highest BCUT2D eigenvalue weighted by Crippen LogP contribution is 2.22. The van der Waals surface area contributed by atoms with Crippen LogP contribution in [0.4, 0.5) is 5.69 Å². The third kappa shape index (κ3) is 4.60. The number of ether oxygens (including phenoxy) is 1. The summed E-state index contributed by atoms with van der Waals surface area (Å²) >= 11 is 0. The highest BCUT2D eigenvalue weighted by Gasteiger charge is 2.20. The molecule has 1 atom stereocenters. The molecule has 1 unspecified atom stereocenters. The second kappa shape index (κ2) is 8.31. The van der Waals surface area contributed by atoms with Crippen molar-refractivity contribution in [3.63, 3.8) is 0 Å². The standard InChI is InChI=1S/C19H21N3O5/c1-11-7-5-10-17(12(11)2)27-14(4)18(23)20-21-19(24)15-8-6-9-16(13(15)3)22(25)26/h5-10,14H,1-4H3,(H,20,23)(H,21,24). The largest absolute Gasteiger partial charge is 0.481 e. The van der Waals surface area contributed by atoms with Gasteiger partial charge in [-0.2, -0.15) is 0 Å². The summed E-state index contributed by atoms with van der Waals surface area (Å²) in [4.78, 5) is 34.8. The fourth-order valence-corrected chi connectivity index (χ4v) is 2.45. The first-order valence-electron chi connectivity index (χ1n) is 8.29. The zero-order valence-corrected chi connectivity index (χ0v) is 15.5. The van der Waals surface area contributed by atoms with Gasteiger partial charge in [-0.15, -0.1) is 0 Å². The smallest absolute Gasteiger partial charge is 0.279 e. The number of nitro groups is 1. The van der Waals surface area contributed by atoms with E-state index in [1.807, 2.05) is 26.0 Å². The minimum atomic E-state index is -0.850. The Bertz CT molecular complexity index is 895. The Morgan fingerprint density at radius 2 is 1.70 bits per heavy atom. The number of rotatable bonds is 5. The van der Waals surface area contributed by atoms with Crippen LogP contribution in [0.1, 0.15) is 34.0 Å². The lowest BCUT2D eigenvalue weighted by molar-refractivity contribution is -0.385. The predicted octanol–water partition coefficient (Wildman–Crippen LogP) is 2.75. The number of nitro benzene ring substituents is 1. The van der Waals surface area contributed by atoms with Gasteiger partial charge in [-0.05, 0) is 51.0 Å². The number of carbonyl (C=O) groups is 2. The molecular weight excluding hydrogens is 350 g/mol. The van der Waals surface area contributed by atoms with E-state index >= 15 is 0 Å². The number of carbonyl (C=O) groups excluding carboxylic acids is 2. The molecule has 8 nitrogen and oxygen atoms in total. The van der Waals surface area contributed by atoms with Crippen molar-refractivity contribution in [2.75, 3.05) is 0 Å². The Balaban J connectivity index is 2.00. The Morgan fingerprint density at radius 3 is 2.37 bits per heavy atom. The maximum atomic E-state index is 12.2. The minimum absolute atomic E-state index is 0.104. The van der Waals surface area contributed by atoms with E-state index in [4.69, 9.17) is 4.74 Å². The molecule has 2 aromatic carbocycles. The lowest BCUT2D eigenvalue weighted by Crippen LogP contribution is -2.47. The van der Waals surface area contributed by atoms with Gasteiger partial charge in [-0.1, -0.05) is 18.2 Å². The molecule has 0 aliphatic carbocycles. The van der Waals surface area contributed by atoms with Gasteiger partial charge in [0.25, 0.3) is 17.5 Å². The molecule has 27 heavy (non-hydrogen) atoms. The molecule has 0 saturated carbocycles. The molecule has 0 fully saturated rings. The maximum absolute atomic E-state index is 12.2. The zero-order chi connectivity index (χ0) is 20.1. The van der Waals surface area contributed by atoms with Crippen molar-refractivity contribution < 1.29 is 19.2 Å². The highest BCUT2D eigenvalue weighted by atomic mass is 16.6. The van der Waals surface area contributed by atoms with Crippen LogP contribution >= 0.6 is 0 Å². The summed E-state index contributed by atoms with van der Waals surface area (Å²) in [5, 5.41) is 11.0. The SMILES string of the molecule is Cc1cccc(OC(C)C(=O)NNC(=O)c2cccc([N+](=O)[O-])c2C)c1C. The Hall–Kier alpha value is -3.42. The molecule has 0 aromatic heterocycles. The van der Waals surface area contributed by atoms with Crippen LogP contribution in [-0.4, -0.2) is 22.8 Å². The van der Waals surface area contributed by atoms with Gasteiger partial charge >= 0.3 is 0 Å². The van der Waals surface area contributed by atoms with Crippen LogP contribution < -0.4 is 15.6 Å². The number of nitrogens with zero attached hydrogens (tertiary/aromatic N) is 1. The van der Waals surface area contributed by atoms with Crippen molar-refractivity contribution in [2.24, 2.45) is 0 Å². The van der Waals surface area contributed by atoms with E-state index < -0.39 is 22.8 Å². The first kappa shape index (κ1) is 19.9. The Labute approximate surface area is 156 Å². The van der Waals surface area contributed by atoms with E-state index in [1.165, 1.54) is 25.1 Å². The van der Waals surface area contributed by atoms with Crippen LogP contribution in [0.15, 0.2) is 36.4 Å². The van der Waals surface area contributed by atoms with Crippen molar-refractivity contribution in [3.05, 3.63) is 68.8 Å². The second-order valence-corrected chi connectivity index (χ2v) is 6.11. The Morgan fingerprint density at radius 1 is 1.04 bits per heavy atom. The summed E-state index contributed by atoms with van der Waals surface area (Å²) < 4.78 is 5.65. The normalized spacial score (nSPS) is 11.4. The summed E-state index contributed by atoms with van der Waals surface area (Å²) in [6.45, 7) is 6.86. The summed E-state index contributed by atoms with van der Waals surface area (Å²) in [5.41, 5.74) is 6.65. The highest BCUT2D eigenvalue weighted by molar-refractivity contribution is 5.97. The molecule has 0 aliphatic rings. The molecule has 2 N–H and O–H groups in total. The number of amides is 2. The number of hydrazine groups is 1. The summed E-state index contributed by atoms with van der Waals surface area (Å²) in [6.07, 6.45) is -0.850. The van der Waals surface area contributed by atoms with Crippen LogP contribution in [0.3, 0.4) is 0 Å². The van der Waals surface area contributed by atoms with Crippen LogP contribution in [0.2, 0.25) is 0 Å². The van der Waals surface area contributed by atoms with E-state index in [9.17, 15) is 19.7 Å². The molecule has 0 radical (unpaired) electrons. The van der Waals surface area contributed by atoms with Crippen LogP contribution in [-0.2, 0) is 4.79 Å². The quantitative estimate of drug-likeness (QED) is 0.620. The molecule has 2 amide bonds. The predicted molar refractivity (Wildman–Crippen MR) is 99.4 cm³/mol. The fourth-order valence-electron chi connectivity index (χ4n) is 2.45. The van der Waals surface area contributed by atoms with Gasteiger partial charge in [0.05, 0.1) is 10.5 Å². The maximum Gasteiger partial charge on any atom is 0.279 e. The van der Waals surface area contributed by atoms with E-state index in [0.29, 0.717) is 5.75 Å². The van der Waals surface area contributed by atoms with E-state index in [0.717, 1.165) is 11.1 Å². The molecule has 0 spiro atoms. The fraction of sp³-hybridized carbons (Fsp3) is 0.263. The van der Waals surface area contributed by atoms with Crippen molar-refractivity contribution in [2.45, 2.75) is 33.8 Å². The monoisotopic (exact) mass is 371 g/mol. The molecule has 142 valence electrons. The zero-order valence-electron chi connectivity index (χ0n) is 15.5. The molecule has 0 saturated heterocycles. The van der Waals surface area contributed by atoms with Gasteiger partial charge in [0.2, 0.25) is 0 Å². The van der Waals surface area contributed by atoms with Crippen molar-refractivity contribution in [3.8, 4) is 5.75 Å². The van der Waals surface area contributed by atoms with Crippen LogP contribution in [0.25, 0.3) is 0 Å². The number of hydrogen-bond donors (Lipinski definition) is 2. The number of benzene rings is 2. The molecule has 0 aliphatic heterocycles.